The molecule has 1 N–H and O–H groups in total. The minimum atomic E-state index is -0.464. The van der Waals surface area contributed by atoms with Crippen LogP contribution in [0.1, 0.15) is 27.0 Å². The first-order valence-electron chi connectivity index (χ1n) is 8.34. The van der Waals surface area contributed by atoms with Crippen LogP contribution in [0.25, 0.3) is 11.3 Å². The lowest BCUT2D eigenvalue weighted by molar-refractivity contribution is 0.0957. The maximum atomic E-state index is 14.7. The molecular formula is C20H17FN2O3. The normalized spacial score (nSPS) is 13.5. The lowest BCUT2D eigenvalue weighted by Crippen LogP contribution is -2.24. The van der Waals surface area contributed by atoms with E-state index in [2.05, 4.69) is 10.3 Å². The zero-order valence-corrected chi connectivity index (χ0v) is 14.2. The number of hydrogen-bond donors (Lipinski definition) is 1. The molecule has 0 aliphatic carbocycles. The first kappa shape index (κ1) is 16.3. The Kier molecular flexibility index (Phi) is 4.16. The molecule has 2 heterocycles. The number of rotatable bonds is 3. The molecule has 1 amide bonds. The Bertz CT molecular complexity index is 950. The average Bonchev–Trinajstić information content (AvgIpc) is 3.12. The van der Waals surface area contributed by atoms with E-state index >= 15 is 0 Å². The number of carbonyl (C=O) groups is 1. The standard InChI is InChI=1S/C20H17FN2O3/c1-12-15(9-16-19(18(12)21)26-7-6-22-20(16)24)8-13-2-4-14(5-3-13)17-10-25-11-23-17/h2-5,9-11H,6-8H2,1H3,(H,22,24). The summed E-state index contributed by atoms with van der Waals surface area (Å²) < 4.78 is 25.1. The van der Waals surface area contributed by atoms with Crippen LogP contribution in [0.5, 0.6) is 5.75 Å². The SMILES string of the molecule is Cc1c(Cc2ccc(-c3cocn3)cc2)cc2c(c1F)OCCNC2=O. The van der Waals surface area contributed by atoms with Gasteiger partial charge in [-0.05, 0) is 36.1 Å². The van der Waals surface area contributed by atoms with Crippen LogP contribution in [-0.4, -0.2) is 24.0 Å². The molecule has 0 fully saturated rings. The smallest absolute Gasteiger partial charge is 0.255 e. The van der Waals surface area contributed by atoms with Gasteiger partial charge in [-0.2, -0.15) is 0 Å². The van der Waals surface area contributed by atoms with Crippen LogP contribution < -0.4 is 10.1 Å². The van der Waals surface area contributed by atoms with Gasteiger partial charge in [-0.1, -0.05) is 24.3 Å². The van der Waals surface area contributed by atoms with Crippen molar-refractivity contribution in [2.45, 2.75) is 13.3 Å². The molecule has 132 valence electrons. The number of benzene rings is 2. The summed E-state index contributed by atoms with van der Waals surface area (Å²) in [6.45, 7) is 2.34. The second-order valence-corrected chi connectivity index (χ2v) is 6.20. The highest BCUT2D eigenvalue weighted by molar-refractivity contribution is 5.97. The van der Waals surface area contributed by atoms with Gasteiger partial charge in [0.15, 0.2) is 18.0 Å². The number of aromatic nitrogens is 1. The van der Waals surface area contributed by atoms with Crippen LogP contribution in [0, 0.1) is 12.7 Å². The van der Waals surface area contributed by atoms with E-state index in [1.54, 1.807) is 19.3 Å². The summed E-state index contributed by atoms with van der Waals surface area (Å²) in [7, 11) is 0. The summed E-state index contributed by atoms with van der Waals surface area (Å²) in [6.07, 6.45) is 3.49. The maximum absolute atomic E-state index is 14.7. The Morgan fingerprint density at radius 1 is 1.27 bits per heavy atom. The van der Waals surface area contributed by atoms with E-state index in [1.807, 2.05) is 24.3 Å². The fraction of sp³-hybridized carbons (Fsp3) is 0.200. The number of hydrogen-bond acceptors (Lipinski definition) is 4. The van der Waals surface area contributed by atoms with Gasteiger partial charge >= 0.3 is 0 Å². The van der Waals surface area contributed by atoms with Crippen molar-refractivity contribution >= 4 is 5.91 Å². The van der Waals surface area contributed by atoms with Crippen LogP contribution in [0.15, 0.2) is 47.4 Å². The van der Waals surface area contributed by atoms with Crippen molar-refractivity contribution in [2.75, 3.05) is 13.2 Å². The van der Waals surface area contributed by atoms with Gasteiger partial charge in [0.2, 0.25) is 0 Å². The molecule has 0 saturated heterocycles. The van der Waals surface area contributed by atoms with Crippen molar-refractivity contribution in [2.24, 2.45) is 0 Å². The largest absolute Gasteiger partial charge is 0.488 e. The molecule has 0 bridgehead atoms. The zero-order chi connectivity index (χ0) is 18.1. The zero-order valence-electron chi connectivity index (χ0n) is 14.2. The lowest BCUT2D eigenvalue weighted by Gasteiger charge is -2.14. The fourth-order valence-electron chi connectivity index (χ4n) is 3.05. The van der Waals surface area contributed by atoms with E-state index in [-0.39, 0.29) is 23.8 Å². The Hall–Kier alpha value is -3.15. The molecule has 5 nitrogen and oxygen atoms in total. The molecule has 0 radical (unpaired) electrons. The van der Waals surface area contributed by atoms with Gasteiger partial charge in [0.25, 0.3) is 5.91 Å². The highest BCUT2D eigenvalue weighted by Crippen LogP contribution is 2.31. The van der Waals surface area contributed by atoms with Crippen LogP contribution >= 0.6 is 0 Å². The Balaban J connectivity index is 1.66. The predicted octanol–water partition coefficient (Wildman–Crippen LogP) is 3.50. The van der Waals surface area contributed by atoms with Gasteiger partial charge in [-0.15, -0.1) is 0 Å². The summed E-state index contributed by atoms with van der Waals surface area (Å²) in [4.78, 5) is 16.3. The Morgan fingerprint density at radius 3 is 2.81 bits per heavy atom. The van der Waals surface area contributed by atoms with Crippen molar-refractivity contribution in [3.05, 3.63) is 71.1 Å². The highest BCUT2D eigenvalue weighted by atomic mass is 19.1. The molecule has 0 saturated carbocycles. The van der Waals surface area contributed by atoms with E-state index in [4.69, 9.17) is 9.15 Å². The van der Waals surface area contributed by atoms with Gasteiger partial charge in [0.1, 0.15) is 18.6 Å². The summed E-state index contributed by atoms with van der Waals surface area (Å²) in [5, 5.41) is 2.72. The van der Waals surface area contributed by atoms with E-state index in [0.717, 1.165) is 22.4 Å². The number of nitrogens with one attached hydrogen (secondary N) is 1. The third-order valence-corrected chi connectivity index (χ3v) is 4.53. The summed E-state index contributed by atoms with van der Waals surface area (Å²) in [5.41, 5.74) is 4.22. The molecule has 1 aliphatic heterocycles. The molecule has 0 atom stereocenters. The van der Waals surface area contributed by atoms with Crippen LogP contribution in [-0.2, 0) is 6.42 Å². The number of carbonyl (C=O) groups excluding carboxylic acids is 1. The molecule has 0 spiro atoms. The summed E-state index contributed by atoms with van der Waals surface area (Å²) in [6, 6.07) is 9.53. The molecule has 0 unspecified atom stereocenters. The van der Waals surface area contributed by atoms with Crippen molar-refractivity contribution in [3.8, 4) is 17.0 Å². The fourth-order valence-corrected chi connectivity index (χ4v) is 3.05. The molecule has 2 aromatic carbocycles. The van der Waals surface area contributed by atoms with Gasteiger partial charge in [-0.3, -0.25) is 4.79 Å². The van der Waals surface area contributed by atoms with Gasteiger partial charge in [-0.25, -0.2) is 9.37 Å². The molecule has 6 heteroatoms. The number of oxazole rings is 1. The van der Waals surface area contributed by atoms with E-state index in [1.165, 1.54) is 6.39 Å². The topological polar surface area (TPSA) is 64.4 Å². The number of amides is 1. The van der Waals surface area contributed by atoms with Gasteiger partial charge < -0.3 is 14.5 Å². The predicted molar refractivity (Wildman–Crippen MR) is 93.7 cm³/mol. The van der Waals surface area contributed by atoms with Gasteiger partial charge in [0, 0.05) is 5.56 Å². The van der Waals surface area contributed by atoms with E-state index in [0.29, 0.717) is 18.5 Å². The third kappa shape index (κ3) is 2.94. The lowest BCUT2D eigenvalue weighted by atomic mass is 9.96. The van der Waals surface area contributed by atoms with Crippen LogP contribution in [0.3, 0.4) is 0 Å². The van der Waals surface area contributed by atoms with Crippen LogP contribution in [0.4, 0.5) is 4.39 Å². The number of nitrogens with zero attached hydrogens (tertiary/aromatic N) is 1. The first-order valence-corrected chi connectivity index (χ1v) is 8.34. The molecular weight excluding hydrogens is 335 g/mol. The van der Waals surface area contributed by atoms with Crippen LogP contribution in [0.2, 0.25) is 0 Å². The van der Waals surface area contributed by atoms with Gasteiger partial charge in [0.05, 0.1) is 12.1 Å². The Morgan fingerprint density at radius 2 is 2.08 bits per heavy atom. The van der Waals surface area contributed by atoms with Crippen molar-refractivity contribution in [1.29, 1.82) is 0 Å². The first-order chi connectivity index (χ1) is 12.6. The summed E-state index contributed by atoms with van der Waals surface area (Å²) >= 11 is 0. The maximum Gasteiger partial charge on any atom is 0.255 e. The molecule has 3 aromatic rings. The quantitative estimate of drug-likeness (QED) is 0.784. The number of fused-ring (bicyclic) bond motifs is 1. The number of ether oxygens (including phenoxy) is 1. The van der Waals surface area contributed by atoms with Crippen molar-refractivity contribution in [3.63, 3.8) is 0 Å². The minimum Gasteiger partial charge on any atom is -0.488 e. The molecule has 4 rings (SSSR count). The second-order valence-electron chi connectivity index (χ2n) is 6.20. The van der Waals surface area contributed by atoms with Crippen molar-refractivity contribution in [1.82, 2.24) is 10.3 Å². The highest BCUT2D eigenvalue weighted by Gasteiger charge is 2.23. The van der Waals surface area contributed by atoms with E-state index in [9.17, 15) is 9.18 Å². The third-order valence-electron chi connectivity index (χ3n) is 4.53. The molecule has 1 aromatic heterocycles. The molecule has 1 aliphatic rings. The Labute approximate surface area is 149 Å². The van der Waals surface area contributed by atoms with Crippen molar-refractivity contribution < 1.29 is 18.3 Å². The second kappa shape index (κ2) is 6.63. The van der Waals surface area contributed by atoms with E-state index < -0.39 is 5.82 Å². The summed E-state index contributed by atoms with van der Waals surface area (Å²) in [5.74, 6) is -0.726. The monoisotopic (exact) mass is 352 g/mol. The minimum absolute atomic E-state index is 0.0441. The molecule has 26 heavy (non-hydrogen) atoms. The average molecular weight is 352 g/mol. The number of halogens is 1.